The lowest BCUT2D eigenvalue weighted by Crippen LogP contribution is -2.51. The molecule has 2 aliphatic rings. The van der Waals surface area contributed by atoms with Gasteiger partial charge in [-0.25, -0.2) is 4.79 Å². The van der Waals surface area contributed by atoms with Crippen LogP contribution in [0.5, 0.6) is 5.75 Å². The molecule has 8 heteroatoms. The van der Waals surface area contributed by atoms with Crippen molar-refractivity contribution in [1.82, 2.24) is 10.2 Å². The van der Waals surface area contributed by atoms with E-state index in [9.17, 15) is 14.4 Å². The third kappa shape index (κ3) is 4.26. The number of halogens is 1. The molecule has 4 amide bonds. The smallest absolute Gasteiger partial charge is 0.325 e. The summed E-state index contributed by atoms with van der Waals surface area (Å²) in [5, 5.41) is 5.90. The predicted octanol–water partition coefficient (Wildman–Crippen LogP) is 4.20. The van der Waals surface area contributed by atoms with Crippen LogP contribution in [-0.4, -0.2) is 41.9 Å². The van der Waals surface area contributed by atoms with Gasteiger partial charge in [-0.05, 0) is 55.2 Å². The van der Waals surface area contributed by atoms with Crippen molar-refractivity contribution < 1.29 is 19.1 Å². The monoisotopic (exact) mass is 435 g/mol. The van der Waals surface area contributed by atoms with Crippen LogP contribution in [-0.2, 0) is 9.59 Å². The maximum atomic E-state index is 13.1. The quantitative estimate of drug-likeness (QED) is 0.655. The lowest BCUT2D eigenvalue weighted by atomic mass is 9.65. The predicted molar refractivity (Wildman–Crippen MR) is 116 cm³/mol. The molecule has 2 N–H and O–H groups in total. The van der Waals surface area contributed by atoms with Gasteiger partial charge in [-0.2, -0.15) is 0 Å². The lowest BCUT2D eigenvalue weighted by molar-refractivity contribution is -0.135. The maximum Gasteiger partial charge on any atom is 0.325 e. The third-order valence-electron chi connectivity index (χ3n) is 6.84. The highest BCUT2D eigenvalue weighted by Crippen LogP contribution is 2.45. The van der Waals surface area contributed by atoms with E-state index in [1.54, 1.807) is 18.2 Å². The molecule has 1 aromatic rings. The normalized spacial score (nSPS) is 24.2. The van der Waals surface area contributed by atoms with Crippen LogP contribution in [0, 0.1) is 11.3 Å². The highest BCUT2D eigenvalue weighted by atomic mass is 35.5. The zero-order chi connectivity index (χ0) is 22.1. The van der Waals surface area contributed by atoms with Gasteiger partial charge in [0, 0.05) is 5.69 Å². The van der Waals surface area contributed by atoms with Crippen molar-refractivity contribution >= 4 is 35.1 Å². The highest BCUT2D eigenvalue weighted by molar-refractivity contribution is 6.32. The van der Waals surface area contributed by atoms with Crippen molar-refractivity contribution in [3.63, 3.8) is 0 Å². The summed E-state index contributed by atoms with van der Waals surface area (Å²) in [6.07, 6.45) is 4.07. The first-order chi connectivity index (χ1) is 14.1. The zero-order valence-corrected chi connectivity index (χ0v) is 18.8. The first kappa shape index (κ1) is 22.4. The average Bonchev–Trinajstić information content (AvgIpc) is 2.92. The number of urea groups is 1. The molecule has 3 rings (SSSR count). The van der Waals surface area contributed by atoms with E-state index in [1.807, 2.05) is 0 Å². The Bertz CT molecular complexity index is 847. The first-order valence-corrected chi connectivity index (χ1v) is 10.8. The molecule has 2 fully saturated rings. The van der Waals surface area contributed by atoms with Gasteiger partial charge in [-0.1, -0.05) is 38.8 Å². The van der Waals surface area contributed by atoms with Crippen LogP contribution in [0.2, 0.25) is 5.02 Å². The number of amides is 4. The SMILES string of the molecule is CCC(C)(C)C1CCC2(CC1)NC(=O)N(CC(=O)Nc1ccc(OC)c(Cl)c1)C2=O. The third-order valence-corrected chi connectivity index (χ3v) is 7.13. The molecule has 30 heavy (non-hydrogen) atoms. The van der Waals surface area contributed by atoms with Gasteiger partial charge in [0.15, 0.2) is 0 Å². The largest absolute Gasteiger partial charge is 0.495 e. The minimum atomic E-state index is -0.874. The average molecular weight is 436 g/mol. The summed E-state index contributed by atoms with van der Waals surface area (Å²) >= 11 is 6.08. The lowest BCUT2D eigenvalue weighted by Gasteiger charge is -2.42. The number of carbonyl (C=O) groups is 3. The van der Waals surface area contributed by atoms with Gasteiger partial charge in [0.2, 0.25) is 5.91 Å². The van der Waals surface area contributed by atoms with E-state index in [0.717, 1.165) is 24.2 Å². The summed E-state index contributed by atoms with van der Waals surface area (Å²) in [7, 11) is 1.50. The second-order valence-corrected chi connectivity index (χ2v) is 9.32. The molecule has 164 valence electrons. The Kier molecular flexibility index (Phi) is 6.32. The molecule has 1 aliphatic heterocycles. The second kappa shape index (κ2) is 8.46. The van der Waals surface area contributed by atoms with E-state index >= 15 is 0 Å². The topological polar surface area (TPSA) is 87.7 Å². The number of nitrogens with one attached hydrogen (secondary N) is 2. The van der Waals surface area contributed by atoms with Crippen molar-refractivity contribution in [3.05, 3.63) is 23.2 Å². The van der Waals surface area contributed by atoms with Crippen LogP contribution < -0.4 is 15.4 Å². The Hall–Kier alpha value is -2.28. The molecular formula is C22H30ClN3O4. The van der Waals surface area contributed by atoms with Crippen LogP contribution >= 0.6 is 11.6 Å². The van der Waals surface area contributed by atoms with Gasteiger partial charge >= 0.3 is 6.03 Å². The molecule has 1 aliphatic carbocycles. The van der Waals surface area contributed by atoms with Gasteiger partial charge in [0.05, 0.1) is 12.1 Å². The number of hydrogen-bond acceptors (Lipinski definition) is 4. The Balaban J connectivity index is 1.63. The molecule has 0 atom stereocenters. The number of rotatable bonds is 6. The number of ether oxygens (including phenoxy) is 1. The number of benzene rings is 1. The minimum Gasteiger partial charge on any atom is -0.495 e. The van der Waals surface area contributed by atoms with Crippen LogP contribution in [0.3, 0.4) is 0 Å². The number of imide groups is 1. The number of nitrogens with zero attached hydrogens (tertiary/aromatic N) is 1. The molecule has 1 aromatic carbocycles. The molecule has 7 nitrogen and oxygen atoms in total. The number of methoxy groups -OCH3 is 1. The number of hydrogen-bond donors (Lipinski definition) is 2. The summed E-state index contributed by atoms with van der Waals surface area (Å²) in [5.74, 6) is 0.253. The Morgan fingerprint density at radius 2 is 2.00 bits per heavy atom. The summed E-state index contributed by atoms with van der Waals surface area (Å²) in [6.45, 7) is 6.36. The van der Waals surface area contributed by atoms with Gasteiger partial charge in [0.1, 0.15) is 17.8 Å². The van der Waals surface area contributed by atoms with E-state index in [4.69, 9.17) is 16.3 Å². The van der Waals surface area contributed by atoms with Gasteiger partial charge in [-0.3, -0.25) is 14.5 Å². The maximum absolute atomic E-state index is 13.1. The Morgan fingerprint density at radius 1 is 1.33 bits per heavy atom. The van der Waals surface area contributed by atoms with E-state index in [0.29, 0.717) is 35.2 Å². The van der Waals surface area contributed by atoms with Gasteiger partial charge < -0.3 is 15.4 Å². The molecule has 0 aromatic heterocycles. The summed E-state index contributed by atoms with van der Waals surface area (Å²) in [6, 6.07) is 4.34. The fourth-order valence-corrected chi connectivity index (χ4v) is 4.69. The summed E-state index contributed by atoms with van der Waals surface area (Å²) < 4.78 is 5.09. The summed E-state index contributed by atoms with van der Waals surface area (Å²) in [4.78, 5) is 39.0. The molecule has 0 unspecified atom stereocenters. The van der Waals surface area contributed by atoms with Gasteiger partial charge in [0.25, 0.3) is 5.91 Å². The standard InChI is InChI=1S/C22H30ClN3O4/c1-5-21(2,3)14-8-10-22(11-9-14)19(28)26(20(29)25-22)13-18(27)24-15-6-7-17(30-4)16(23)12-15/h6-7,12,14H,5,8-11,13H2,1-4H3,(H,24,27)(H,25,29). The molecule has 0 radical (unpaired) electrons. The Labute approximate surface area is 182 Å². The fraction of sp³-hybridized carbons (Fsp3) is 0.591. The van der Waals surface area contributed by atoms with Crippen molar-refractivity contribution in [2.24, 2.45) is 11.3 Å². The molecule has 1 spiro atoms. The molecular weight excluding hydrogens is 406 g/mol. The van der Waals surface area contributed by atoms with Crippen molar-refractivity contribution in [2.75, 3.05) is 19.0 Å². The van der Waals surface area contributed by atoms with Crippen molar-refractivity contribution in [3.8, 4) is 5.75 Å². The summed E-state index contributed by atoms with van der Waals surface area (Å²) in [5.41, 5.74) is -0.192. The van der Waals surface area contributed by atoms with Crippen LogP contribution in [0.15, 0.2) is 18.2 Å². The zero-order valence-electron chi connectivity index (χ0n) is 18.0. The minimum absolute atomic E-state index is 0.215. The van der Waals surface area contributed by atoms with Crippen LogP contribution in [0.1, 0.15) is 52.9 Å². The Morgan fingerprint density at radius 3 is 2.57 bits per heavy atom. The fourth-order valence-electron chi connectivity index (χ4n) is 4.43. The first-order valence-electron chi connectivity index (χ1n) is 10.4. The van der Waals surface area contributed by atoms with Crippen molar-refractivity contribution in [1.29, 1.82) is 0 Å². The second-order valence-electron chi connectivity index (χ2n) is 8.92. The molecule has 1 saturated carbocycles. The van der Waals surface area contributed by atoms with Crippen LogP contribution in [0.4, 0.5) is 10.5 Å². The highest BCUT2D eigenvalue weighted by Gasteiger charge is 2.53. The van der Waals surface area contributed by atoms with E-state index in [1.165, 1.54) is 7.11 Å². The van der Waals surface area contributed by atoms with E-state index in [2.05, 4.69) is 31.4 Å². The molecule has 1 heterocycles. The van der Waals surface area contributed by atoms with Gasteiger partial charge in [-0.15, -0.1) is 0 Å². The van der Waals surface area contributed by atoms with Crippen molar-refractivity contribution in [2.45, 2.75) is 58.4 Å². The molecule has 0 bridgehead atoms. The number of carbonyl (C=O) groups excluding carboxylic acids is 3. The van der Waals surface area contributed by atoms with Crippen LogP contribution in [0.25, 0.3) is 0 Å². The van der Waals surface area contributed by atoms with E-state index in [-0.39, 0.29) is 17.9 Å². The number of anilines is 1. The van der Waals surface area contributed by atoms with E-state index < -0.39 is 17.5 Å². The molecule has 1 saturated heterocycles.